The van der Waals surface area contributed by atoms with E-state index in [0.717, 1.165) is 0 Å². The maximum atomic E-state index is 11.8. The minimum absolute atomic E-state index is 0.160. The Hall–Kier alpha value is -2.04. The van der Waals surface area contributed by atoms with E-state index >= 15 is 0 Å². The van der Waals surface area contributed by atoms with Crippen LogP contribution in [0, 0.1) is 5.53 Å². The molecule has 84 valence electrons. The zero-order chi connectivity index (χ0) is 12.0. The van der Waals surface area contributed by atoms with E-state index in [9.17, 15) is 9.59 Å². The van der Waals surface area contributed by atoms with Crippen molar-refractivity contribution in [1.82, 2.24) is 0 Å². The van der Waals surface area contributed by atoms with Crippen LogP contribution in [-0.4, -0.2) is 24.4 Å². The Balaban J connectivity index is 2.86. The number of esters is 1. The third-order valence-electron chi connectivity index (χ3n) is 1.95. The first-order valence-corrected chi connectivity index (χ1v) is 4.83. The number of hydrogen-bond donors (Lipinski definition) is 1. The summed E-state index contributed by atoms with van der Waals surface area (Å²) in [4.78, 5) is 23.1. The number of hydrogen-bond acceptors (Lipinski definition) is 5. The van der Waals surface area contributed by atoms with Crippen molar-refractivity contribution in [2.45, 2.75) is 13.0 Å². The van der Waals surface area contributed by atoms with E-state index in [0.29, 0.717) is 5.56 Å². The zero-order valence-electron chi connectivity index (χ0n) is 8.84. The van der Waals surface area contributed by atoms with Crippen LogP contribution in [-0.2, 0) is 9.53 Å². The molecule has 0 heterocycles. The number of carbonyl (C=O) groups excluding carboxylic acids is 2. The molecule has 1 atom stereocenters. The van der Waals surface area contributed by atoms with Gasteiger partial charge in [0.25, 0.3) is 0 Å². The van der Waals surface area contributed by atoms with Gasteiger partial charge in [0.05, 0.1) is 6.61 Å². The summed E-state index contributed by atoms with van der Waals surface area (Å²) in [5.74, 6) is -1.31. The van der Waals surface area contributed by atoms with E-state index in [-0.39, 0.29) is 6.61 Å². The van der Waals surface area contributed by atoms with E-state index in [2.05, 4.69) is 9.85 Å². The normalized spacial score (nSPS) is 11.6. The molecule has 0 aromatic heterocycles. The van der Waals surface area contributed by atoms with Crippen LogP contribution >= 0.6 is 0 Å². The Kier molecular flexibility index (Phi) is 4.32. The van der Waals surface area contributed by atoms with Gasteiger partial charge in [-0.05, 0) is 6.92 Å². The lowest BCUT2D eigenvalue weighted by Gasteiger charge is -2.08. The number of rotatable bonds is 5. The first kappa shape index (κ1) is 12.0. The predicted molar refractivity (Wildman–Crippen MR) is 56.3 cm³/mol. The molecule has 0 aliphatic carbocycles. The molecule has 0 amide bonds. The molecule has 0 fully saturated rings. The maximum absolute atomic E-state index is 11.8. The lowest BCUT2D eigenvalue weighted by atomic mass is 10.1. The second-order valence-corrected chi connectivity index (χ2v) is 3.01. The quantitative estimate of drug-likeness (QED) is 0.356. The first-order chi connectivity index (χ1) is 7.70. The molecule has 0 saturated carbocycles. The average Bonchev–Trinajstić information content (AvgIpc) is 2.31. The lowest BCUT2D eigenvalue weighted by Crippen LogP contribution is -2.29. The number of nitrogens with one attached hydrogen (secondary N) is 1. The number of ketones is 1. The second-order valence-electron chi connectivity index (χ2n) is 3.01. The van der Waals surface area contributed by atoms with E-state index in [4.69, 9.17) is 5.53 Å². The second kappa shape index (κ2) is 5.75. The van der Waals surface area contributed by atoms with Gasteiger partial charge in [0.2, 0.25) is 11.8 Å². The fourth-order valence-corrected chi connectivity index (χ4v) is 1.20. The van der Waals surface area contributed by atoms with Crippen molar-refractivity contribution < 1.29 is 14.3 Å². The summed E-state index contributed by atoms with van der Waals surface area (Å²) < 4.78 is 4.66. The van der Waals surface area contributed by atoms with Gasteiger partial charge in [-0.3, -0.25) is 4.79 Å². The summed E-state index contributed by atoms with van der Waals surface area (Å²) in [6.07, 6.45) is 0. The summed E-state index contributed by atoms with van der Waals surface area (Å²) in [6, 6.07) is 6.87. The van der Waals surface area contributed by atoms with Crippen LogP contribution in [0.4, 0.5) is 0 Å². The summed E-state index contributed by atoms with van der Waals surface area (Å²) >= 11 is 0. The Bertz CT molecular complexity index is 389. The highest BCUT2D eigenvalue weighted by molar-refractivity contribution is 6.12. The molecular formula is C11H12N2O3. The maximum Gasteiger partial charge on any atom is 0.340 e. The molecule has 16 heavy (non-hydrogen) atoms. The van der Waals surface area contributed by atoms with Gasteiger partial charge in [-0.2, -0.15) is 5.11 Å². The smallest absolute Gasteiger partial charge is 0.340 e. The minimum atomic E-state index is -1.39. The van der Waals surface area contributed by atoms with Crippen molar-refractivity contribution in [3.63, 3.8) is 0 Å². The lowest BCUT2D eigenvalue weighted by molar-refractivity contribution is -0.143. The molecule has 1 N–H and O–H groups in total. The number of carbonyl (C=O) groups is 2. The van der Waals surface area contributed by atoms with Crippen molar-refractivity contribution in [2.24, 2.45) is 5.11 Å². The zero-order valence-corrected chi connectivity index (χ0v) is 8.84. The standard InChI is InChI=1S/C11H12N2O3/c1-2-16-11(15)9(13-12)10(14)8-6-4-3-5-7-8/h3-7,9,12H,2H2,1H3. The van der Waals surface area contributed by atoms with E-state index in [1.807, 2.05) is 0 Å². The molecule has 0 spiro atoms. The Labute approximate surface area is 92.9 Å². The highest BCUT2D eigenvalue weighted by atomic mass is 16.5. The summed E-state index contributed by atoms with van der Waals surface area (Å²) in [5.41, 5.74) is 7.20. The van der Waals surface area contributed by atoms with Gasteiger partial charge in [0.1, 0.15) is 0 Å². The van der Waals surface area contributed by atoms with Gasteiger partial charge < -0.3 is 4.74 Å². The molecule has 0 saturated heterocycles. The van der Waals surface area contributed by atoms with E-state index in [1.165, 1.54) is 0 Å². The molecule has 1 rings (SSSR count). The number of nitrogens with zero attached hydrogens (tertiary/aromatic N) is 1. The predicted octanol–water partition coefficient (Wildman–Crippen LogP) is 1.83. The van der Waals surface area contributed by atoms with E-state index < -0.39 is 17.8 Å². The first-order valence-electron chi connectivity index (χ1n) is 4.83. The Morgan fingerprint density at radius 2 is 2.00 bits per heavy atom. The van der Waals surface area contributed by atoms with Crippen molar-refractivity contribution in [3.05, 3.63) is 35.9 Å². The van der Waals surface area contributed by atoms with Crippen LogP contribution < -0.4 is 0 Å². The summed E-state index contributed by atoms with van der Waals surface area (Å²) in [7, 11) is 0. The molecule has 5 heteroatoms. The van der Waals surface area contributed by atoms with Gasteiger partial charge in [0, 0.05) is 5.56 Å². The number of Topliss-reactive ketones (excluding diaryl/α,β-unsaturated/α-hetero) is 1. The van der Waals surface area contributed by atoms with Crippen LogP contribution in [0.25, 0.3) is 0 Å². The highest BCUT2D eigenvalue weighted by Crippen LogP contribution is 2.07. The van der Waals surface area contributed by atoms with Crippen LogP contribution in [0.1, 0.15) is 17.3 Å². The summed E-state index contributed by atoms with van der Waals surface area (Å²) in [6.45, 7) is 1.79. The van der Waals surface area contributed by atoms with Crippen LogP contribution in [0.5, 0.6) is 0 Å². The van der Waals surface area contributed by atoms with Gasteiger partial charge in [-0.25, -0.2) is 10.3 Å². The molecule has 1 unspecified atom stereocenters. The highest BCUT2D eigenvalue weighted by Gasteiger charge is 2.28. The fraction of sp³-hybridized carbons (Fsp3) is 0.273. The molecule has 5 nitrogen and oxygen atoms in total. The molecule has 1 aromatic carbocycles. The van der Waals surface area contributed by atoms with Crippen molar-refractivity contribution >= 4 is 11.8 Å². The minimum Gasteiger partial charge on any atom is -0.464 e. The van der Waals surface area contributed by atoms with Crippen LogP contribution in [0.15, 0.2) is 35.4 Å². The third-order valence-corrected chi connectivity index (χ3v) is 1.95. The molecule has 0 aliphatic heterocycles. The topological polar surface area (TPSA) is 79.6 Å². The van der Waals surface area contributed by atoms with Gasteiger partial charge in [-0.1, -0.05) is 30.3 Å². The van der Waals surface area contributed by atoms with Crippen molar-refractivity contribution in [2.75, 3.05) is 6.61 Å². The molecule has 0 aliphatic rings. The van der Waals surface area contributed by atoms with Crippen molar-refractivity contribution in [1.29, 1.82) is 5.53 Å². The van der Waals surface area contributed by atoms with Gasteiger partial charge >= 0.3 is 5.97 Å². The van der Waals surface area contributed by atoms with Gasteiger partial charge in [0.15, 0.2) is 0 Å². The largest absolute Gasteiger partial charge is 0.464 e. The number of benzene rings is 1. The molecule has 1 aromatic rings. The van der Waals surface area contributed by atoms with Crippen LogP contribution in [0.2, 0.25) is 0 Å². The Morgan fingerprint density at radius 1 is 1.38 bits per heavy atom. The van der Waals surface area contributed by atoms with Gasteiger partial charge in [-0.15, -0.1) is 0 Å². The Morgan fingerprint density at radius 3 is 2.50 bits per heavy atom. The SMILES string of the molecule is CCOC(=O)C(N=N)C(=O)c1ccccc1. The van der Waals surface area contributed by atoms with Crippen molar-refractivity contribution in [3.8, 4) is 0 Å². The average molecular weight is 220 g/mol. The van der Waals surface area contributed by atoms with Crippen LogP contribution in [0.3, 0.4) is 0 Å². The summed E-state index contributed by atoms with van der Waals surface area (Å²) in [5, 5.41) is 3.01. The third kappa shape index (κ3) is 2.73. The fourth-order valence-electron chi connectivity index (χ4n) is 1.20. The van der Waals surface area contributed by atoms with E-state index in [1.54, 1.807) is 37.3 Å². The molecule has 0 radical (unpaired) electrons. The molecular weight excluding hydrogens is 208 g/mol. The molecule has 0 bridgehead atoms. The monoisotopic (exact) mass is 220 g/mol. The number of ether oxygens (including phenoxy) is 1.